The lowest BCUT2D eigenvalue weighted by Gasteiger charge is -2.08. The average molecular weight is 311 g/mol. The Balaban J connectivity index is 1.69. The highest BCUT2D eigenvalue weighted by Crippen LogP contribution is 2.21. The molecule has 0 atom stereocenters. The van der Waals surface area contributed by atoms with E-state index in [1.165, 1.54) is 0 Å². The van der Waals surface area contributed by atoms with Crippen molar-refractivity contribution in [2.45, 2.75) is 0 Å². The van der Waals surface area contributed by atoms with Crippen LogP contribution >= 0.6 is 0 Å². The number of benzene rings is 2. The molecule has 0 N–H and O–H groups in total. The lowest BCUT2D eigenvalue weighted by atomic mass is 10.3. The number of fused-ring (bicyclic) bond motifs is 2. The summed E-state index contributed by atoms with van der Waals surface area (Å²) in [6.45, 7) is 0. The van der Waals surface area contributed by atoms with E-state index in [0.29, 0.717) is 0 Å². The lowest BCUT2D eigenvalue weighted by Crippen LogP contribution is -1.98. The van der Waals surface area contributed by atoms with Gasteiger partial charge in [-0.2, -0.15) is 0 Å². The summed E-state index contributed by atoms with van der Waals surface area (Å²) in [5.41, 5.74) is 6.00. The van der Waals surface area contributed by atoms with Crippen molar-refractivity contribution in [2.75, 3.05) is 0 Å². The molecule has 0 saturated heterocycles. The summed E-state index contributed by atoms with van der Waals surface area (Å²) in [6.07, 6.45) is 7.35. The molecule has 2 aromatic carbocycles. The zero-order chi connectivity index (χ0) is 15.9. The molecule has 5 nitrogen and oxygen atoms in total. The molecule has 0 aliphatic rings. The SMILES string of the molecule is c1ccc2c(c1)ncn2-c1cncc(-n2cnc3ccccc32)c1. The number of hydrogen-bond donors (Lipinski definition) is 0. The Hall–Kier alpha value is -3.47. The minimum atomic E-state index is 0.969. The van der Waals surface area contributed by atoms with Crippen LogP contribution in [0.1, 0.15) is 0 Å². The van der Waals surface area contributed by atoms with Crippen molar-refractivity contribution in [3.05, 3.63) is 79.6 Å². The lowest BCUT2D eigenvalue weighted by molar-refractivity contribution is 1.03. The summed E-state index contributed by atoms with van der Waals surface area (Å²) >= 11 is 0. The highest BCUT2D eigenvalue weighted by atomic mass is 15.1. The molecule has 114 valence electrons. The number of rotatable bonds is 2. The van der Waals surface area contributed by atoms with E-state index in [2.05, 4.69) is 33.2 Å². The second-order valence-electron chi connectivity index (χ2n) is 5.61. The Kier molecular flexibility index (Phi) is 2.72. The fourth-order valence-electron chi connectivity index (χ4n) is 3.01. The number of nitrogens with zero attached hydrogens (tertiary/aromatic N) is 5. The van der Waals surface area contributed by atoms with Crippen LogP contribution < -0.4 is 0 Å². The van der Waals surface area contributed by atoms with Crippen LogP contribution in [-0.2, 0) is 0 Å². The van der Waals surface area contributed by atoms with Gasteiger partial charge in [0.05, 0.1) is 45.8 Å². The van der Waals surface area contributed by atoms with E-state index in [1.807, 2.05) is 70.6 Å². The molecule has 5 rings (SSSR count). The third-order valence-corrected chi connectivity index (χ3v) is 4.17. The summed E-state index contributed by atoms with van der Waals surface area (Å²) in [4.78, 5) is 13.3. The Labute approximate surface area is 137 Å². The van der Waals surface area contributed by atoms with E-state index in [-0.39, 0.29) is 0 Å². The highest BCUT2D eigenvalue weighted by Gasteiger charge is 2.08. The minimum absolute atomic E-state index is 0.969. The van der Waals surface area contributed by atoms with Crippen LogP contribution in [0.2, 0.25) is 0 Å². The molecule has 0 unspecified atom stereocenters. The number of para-hydroxylation sites is 4. The first kappa shape index (κ1) is 13.0. The minimum Gasteiger partial charge on any atom is -0.297 e. The first-order chi connectivity index (χ1) is 11.9. The number of aromatic nitrogens is 5. The van der Waals surface area contributed by atoms with Gasteiger partial charge in [-0.1, -0.05) is 24.3 Å². The Bertz CT molecular complexity index is 1080. The first-order valence-electron chi connectivity index (χ1n) is 7.70. The summed E-state index contributed by atoms with van der Waals surface area (Å²) < 4.78 is 4.09. The zero-order valence-electron chi connectivity index (χ0n) is 12.7. The van der Waals surface area contributed by atoms with Crippen LogP contribution in [0.4, 0.5) is 0 Å². The van der Waals surface area contributed by atoms with E-state index in [9.17, 15) is 0 Å². The Morgan fingerprint density at radius 3 is 1.67 bits per heavy atom. The van der Waals surface area contributed by atoms with Gasteiger partial charge in [0.2, 0.25) is 0 Å². The third kappa shape index (κ3) is 1.91. The molecule has 24 heavy (non-hydrogen) atoms. The quantitative estimate of drug-likeness (QED) is 0.499. The normalized spacial score (nSPS) is 11.3. The maximum Gasteiger partial charge on any atom is 0.100 e. The molecule has 5 heteroatoms. The molecular formula is C19H13N5. The number of pyridine rings is 1. The van der Waals surface area contributed by atoms with Gasteiger partial charge in [0.1, 0.15) is 12.7 Å². The van der Waals surface area contributed by atoms with Crippen LogP contribution in [0, 0.1) is 0 Å². The molecule has 3 aromatic heterocycles. The van der Waals surface area contributed by atoms with Gasteiger partial charge >= 0.3 is 0 Å². The second-order valence-corrected chi connectivity index (χ2v) is 5.61. The van der Waals surface area contributed by atoms with Gasteiger partial charge < -0.3 is 0 Å². The van der Waals surface area contributed by atoms with Crippen molar-refractivity contribution in [1.82, 2.24) is 24.1 Å². The van der Waals surface area contributed by atoms with Gasteiger partial charge in [-0.3, -0.25) is 14.1 Å². The largest absolute Gasteiger partial charge is 0.297 e. The van der Waals surface area contributed by atoms with Gasteiger partial charge in [-0.05, 0) is 30.3 Å². The molecule has 0 radical (unpaired) electrons. The van der Waals surface area contributed by atoms with Gasteiger partial charge in [0, 0.05) is 0 Å². The van der Waals surface area contributed by atoms with Crippen LogP contribution in [0.15, 0.2) is 79.6 Å². The number of imidazole rings is 2. The molecule has 0 fully saturated rings. The van der Waals surface area contributed by atoms with Crippen LogP contribution in [-0.4, -0.2) is 24.1 Å². The maximum atomic E-state index is 4.45. The smallest absolute Gasteiger partial charge is 0.100 e. The highest BCUT2D eigenvalue weighted by molar-refractivity contribution is 5.78. The zero-order valence-corrected chi connectivity index (χ0v) is 12.7. The topological polar surface area (TPSA) is 48.5 Å². The van der Waals surface area contributed by atoms with E-state index >= 15 is 0 Å². The molecule has 0 bridgehead atoms. The van der Waals surface area contributed by atoms with Crippen molar-refractivity contribution >= 4 is 22.1 Å². The molecule has 0 saturated carbocycles. The molecule has 0 aliphatic heterocycles. The van der Waals surface area contributed by atoms with E-state index in [1.54, 1.807) is 0 Å². The Morgan fingerprint density at radius 1 is 0.625 bits per heavy atom. The fourth-order valence-corrected chi connectivity index (χ4v) is 3.01. The van der Waals surface area contributed by atoms with Crippen molar-refractivity contribution in [3.63, 3.8) is 0 Å². The van der Waals surface area contributed by atoms with Gasteiger partial charge in [0.15, 0.2) is 0 Å². The first-order valence-corrected chi connectivity index (χ1v) is 7.70. The molecule has 5 aromatic rings. The van der Waals surface area contributed by atoms with Gasteiger partial charge in [0.25, 0.3) is 0 Å². The van der Waals surface area contributed by atoms with E-state index < -0.39 is 0 Å². The molecule has 0 aliphatic carbocycles. The predicted molar refractivity (Wildman–Crippen MR) is 93.5 cm³/mol. The van der Waals surface area contributed by atoms with Crippen molar-refractivity contribution in [3.8, 4) is 11.4 Å². The predicted octanol–water partition coefficient (Wildman–Crippen LogP) is 3.76. The second kappa shape index (κ2) is 5.03. The molecular weight excluding hydrogens is 298 g/mol. The summed E-state index contributed by atoms with van der Waals surface area (Å²) in [7, 11) is 0. The van der Waals surface area contributed by atoms with Crippen LogP contribution in [0.25, 0.3) is 33.4 Å². The van der Waals surface area contributed by atoms with Crippen LogP contribution in [0.3, 0.4) is 0 Å². The molecule has 0 spiro atoms. The van der Waals surface area contributed by atoms with E-state index in [0.717, 1.165) is 33.4 Å². The number of hydrogen-bond acceptors (Lipinski definition) is 3. The summed E-state index contributed by atoms with van der Waals surface area (Å²) in [6, 6.07) is 18.2. The van der Waals surface area contributed by atoms with Crippen molar-refractivity contribution < 1.29 is 0 Å². The third-order valence-electron chi connectivity index (χ3n) is 4.17. The summed E-state index contributed by atoms with van der Waals surface area (Å²) in [5.74, 6) is 0. The van der Waals surface area contributed by atoms with Gasteiger partial charge in [-0.25, -0.2) is 9.97 Å². The molecule has 3 heterocycles. The standard InChI is InChI=1S/C19H13N5/c1-3-7-18-16(5-1)21-12-23(18)14-9-15(11-20-10-14)24-13-22-17-6-2-4-8-19(17)24/h1-13H. The molecule has 0 amide bonds. The van der Waals surface area contributed by atoms with E-state index in [4.69, 9.17) is 0 Å². The summed E-state index contributed by atoms with van der Waals surface area (Å²) in [5, 5.41) is 0. The maximum absolute atomic E-state index is 4.45. The fraction of sp³-hybridized carbons (Fsp3) is 0. The van der Waals surface area contributed by atoms with Gasteiger partial charge in [-0.15, -0.1) is 0 Å². The average Bonchev–Trinajstić information content (AvgIpc) is 3.26. The van der Waals surface area contributed by atoms with Crippen molar-refractivity contribution in [2.24, 2.45) is 0 Å². The Morgan fingerprint density at radius 2 is 1.12 bits per heavy atom. The van der Waals surface area contributed by atoms with Crippen LogP contribution in [0.5, 0.6) is 0 Å². The monoisotopic (exact) mass is 311 g/mol. The van der Waals surface area contributed by atoms with Crippen molar-refractivity contribution in [1.29, 1.82) is 0 Å².